The van der Waals surface area contributed by atoms with Crippen molar-refractivity contribution < 1.29 is 22.2 Å². The number of carbonyl (C=O) groups excluding carboxylic acids is 1. The number of benzene rings is 2. The SMILES string of the molecule is CC(C)(C)c1nc(-c2ccc(NC(=O)c3ccc(S(=O)(=O)NCc4ccco4)cc3)cc2)no1. The van der Waals surface area contributed by atoms with Crippen molar-refractivity contribution in [3.63, 3.8) is 0 Å². The van der Waals surface area contributed by atoms with Gasteiger partial charge < -0.3 is 14.3 Å². The summed E-state index contributed by atoms with van der Waals surface area (Å²) in [6, 6.07) is 16.1. The number of rotatable bonds is 7. The van der Waals surface area contributed by atoms with Crippen molar-refractivity contribution in [2.45, 2.75) is 37.6 Å². The van der Waals surface area contributed by atoms with Crippen LogP contribution in [0.5, 0.6) is 0 Å². The third-order valence-corrected chi connectivity index (χ3v) is 6.33. The predicted octanol–water partition coefficient (Wildman–Crippen LogP) is 4.36. The van der Waals surface area contributed by atoms with Gasteiger partial charge in [0.15, 0.2) is 0 Å². The number of furan rings is 1. The van der Waals surface area contributed by atoms with Crippen molar-refractivity contribution in [2.24, 2.45) is 0 Å². The third-order valence-electron chi connectivity index (χ3n) is 4.91. The van der Waals surface area contributed by atoms with E-state index >= 15 is 0 Å². The number of amides is 1. The molecule has 0 fully saturated rings. The summed E-state index contributed by atoms with van der Waals surface area (Å²) in [6.07, 6.45) is 1.47. The highest BCUT2D eigenvalue weighted by Gasteiger charge is 2.22. The second-order valence-electron chi connectivity index (χ2n) is 8.63. The number of carbonyl (C=O) groups is 1. The largest absolute Gasteiger partial charge is 0.468 e. The Morgan fingerprint density at radius 1 is 1.00 bits per heavy atom. The number of aromatic nitrogens is 2. The van der Waals surface area contributed by atoms with E-state index in [1.54, 1.807) is 36.4 Å². The van der Waals surface area contributed by atoms with Crippen LogP contribution in [0, 0.1) is 0 Å². The Labute approximate surface area is 197 Å². The van der Waals surface area contributed by atoms with Crippen molar-refractivity contribution >= 4 is 21.6 Å². The van der Waals surface area contributed by atoms with Crippen molar-refractivity contribution in [2.75, 3.05) is 5.32 Å². The third kappa shape index (κ3) is 5.41. The van der Waals surface area contributed by atoms with Gasteiger partial charge in [-0.25, -0.2) is 13.1 Å². The first-order valence-corrected chi connectivity index (χ1v) is 12.0. The van der Waals surface area contributed by atoms with E-state index in [1.165, 1.54) is 30.5 Å². The van der Waals surface area contributed by atoms with E-state index in [4.69, 9.17) is 8.94 Å². The first-order valence-electron chi connectivity index (χ1n) is 10.5. The molecular formula is C24H24N4O5S. The molecule has 4 rings (SSSR count). The molecule has 0 spiro atoms. The minimum absolute atomic E-state index is 0.0366. The average Bonchev–Trinajstić information content (AvgIpc) is 3.51. The van der Waals surface area contributed by atoms with E-state index in [0.717, 1.165) is 5.56 Å². The van der Waals surface area contributed by atoms with Crippen LogP contribution in [0.2, 0.25) is 0 Å². The zero-order valence-electron chi connectivity index (χ0n) is 18.9. The summed E-state index contributed by atoms with van der Waals surface area (Å²) in [6.45, 7) is 6.00. The second-order valence-corrected chi connectivity index (χ2v) is 10.4. The summed E-state index contributed by atoms with van der Waals surface area (Å²) in [5, 5.41) is 6.80. The maximum absolute atomic E-state index is 12.6. The molecule has 10 heteroatoms. The van der Waals surface area contributed by atoms with Crippen molar-refractivity contribution in [3.8, 4) is 11.4 Å². The monoisotopic (exact) mass is 480 g/mol. The zero-order valence-corrected chi connectivity index (χ0v) is 19.7. The zero-order chi connectivity index (χ0) is 24.3. The molecule has 0 aliphatic carbocycles. The highest BCUT2D eigenvalue weighted by molar-refractivity contribution is 7.89. The Kier molecular flexibility index (Phi) is 6.36. The van der Waals surface area contributed by atoms with Crippen LogP contribution in [0.15, 0.2) is 80.8 Å². The summed E-state index contributed by atoms with van der Waals surface area (Å²) in [5.41, 5.74) is 1.41. The molecule has 4 aromatic rings. The molecule has 2 heterocycles. The number of nitrogens with zero attached hydrogens (tertiary/aromatic N) is 2. The van der Waals surface area contributed by atoms with Crippen LogP contribution in [-0.4, -0.2) is 24.5 Å². The van der Waals surface area contributed by atoms with Gasteiger partial charge in [-0.2, -0.15) is 4.98 Å². The molecule has 0 aliphatic rings. The maximum atomic E-state index is 12.6. The smallest absolute Gasteiger partial charge is 0.255 e. The predicted molar refractivity (Wildman–Crippen MR) is 126 cm³/mol. The van der Waals surface area contributed by atoms with Crippen LogP contribution >= 0.6 is 0 Å². The van der Waals surface area contributed by atoms with E-state index in [0.29, 0.717) is 28.7 Å². The van der Waals surface area contributed by atoms with Crippen LogP contribution in [0.25, 0.3) is 11.4 Å². The molecular weight excluding hydrogens is 456 g/mol. The summed E-state index contributed by atoms with van der Waals surface area (Å²) in [7, 11) is -3.74. The quantitative estimate of drug-likeness (QED) is 0.402. The minimum atomic E-state index is -3.74. The lowest BCUT2D eigenvalue weighted by molar-refractivity contribution is 0.102. The Morgan fingerprint density at radius 2 is 1.71 bits per heavy atom. The Hall–Kier alpha value is -3.76. The van der Waals surface area contributed by atoms with Gasteiger partial charge in [0.2, 0.25) is 21.7 Å². The van der Waals surface area contributed by atoms with Crippen LogP contribution in [0.3, 0.4) is 0 Å². The van der Waals surface area contributed by atoms with Crippen molar-refractivity contribution in [3.05, 3.63) is 84.1 Å². The summed E-state index contributed by atoms with van der Waals surface area (Å²) in [5.74, 6) is 1.15. The number of sulfonamides is 1. The molecule has 0 bridgehead atoms. The van der Waals surface area contributed by atoms with Gasteiger partial charge in [-0.3, -0.25) is 4.79 Å². The fourth-order valence-corrected chi connectivity index (χ4v) is 3.99. The molecule has 0 saturated carbocycles. The van der Waals surface area contributed by atoms with Gasteiger partial charge >= 0.3 is 0 Å². The molecule has 2 aromatic carbocycles. The number of hydrogen-bond donors (Lipinski definition) is 2. The van der Waals surface area contributed by atoms with Crippen LogP contribution in [0.1, 0.15) is 42.8 Å². The summed E-state index contributed by atoms with van der Waals surface area (Å²) in [4.78, 5) is 17.1. The van der Waals surface area contributed by atoms with E-state index < -0.39 is 10.0 Å². The first-order chi connectivity index (χ1) is 16.1. The van der Waals surface area contributed by atoms with E-state index in [2.05, 4.69) is 20.2 Å². The molecule has 9 nitrogen and oxygen atoms in total. The van der Waals surface area contributed by atoms with E-state index in [-0.39, 0.29) is 22.8 Å². The van der Waals surface area contributed by atoms with Crippen LogP contribution in [0.4, 0.5) is 5.69 Å². The molecule has 1 amide bonds. The topological polar surface area (TPSA) is 127 Å². The lowest BCUT2D eigenvalue weighted by Crippen LogP contribution is -2.23. The fraction of sp³-hybridized carbons (Fsp3) is 0.208. The second kappa shape index (κ2) is 9.24. The van der Waals surface area contributed by atoms with Gasteiger partial charge in [-0.05, 0) is 60.7 Å². The Bertz CT molecular complexity index is 1370. The number of nitrogens with one attached hydrogen (secondary N) is 2. The lowest BCUT2D eigenvalue weighted by atomic mass is 9.97. The van der Waals surface area contributed by atoms with Gasteiger partial charge in [0, 0.05) is 22.2 Å². The van der Waals surface area contributed by atoms with E-state index in [9.17, 15) is 13.2 Å². The minimum Gasteiger partial charge on any atom is -0.468 e. The summed E-state index contributed by atoms with van der Waals surface area (Å²) < 4.78 is 37.8. The van der Waals surface area contributed by atoms with Crippen molar-refractivity contribution in [1.82, 2.24) is 14.9 Å². The molecule has 34 heavy (non-hydrogen) atoms. The van der Waals surface area contributed by atoms with Gasteiger partial charge in [-0.15, -0.1) is 0 Å². The lowest BCUT2D eigenvalue weighted by Gasteiger charge is -2.10. The average molecular weight is 481 g/mol. The van der Waals surface area contributed by atoms with Gasteiger partial charge in [0.25, 0.3) is 5.91 Å². The molecule has 2 N–H and O–H groups in total. The molecule has 0 unspecified atom stereocenters. The highest BCUT2D eigenvalue weighted by Crippen LogP contribution is 2.25. The Balaban J connectivity index is 1.39. The molecule has 2 aromatic heterocycles. The van der Waals surface area contributed by atoms with Gasteiger partial charge in [0.1, 0.15) is 5.76 Å². The molecule has 0 aliphatic heterocycles. The molecule has 0 radical (unpaired) electrons. The van der Waals surface area contributed by atoms with Crippen LogP contribution < -0.4 is 10.0 Å². The first kappa shape index (κ1) is 23.4. The van der Waals surface area contributed by atoms with E-state index in [1.807, 2.05) is 20.8 Å². The van der Waals surface area contributed by atoms with Gasteiger partial charge in [0.05, 0.1) is 17.7 Å². The molecule has 176 valence electrons. The molecule has 0 atom stereocenters. The van der Waals surface area contributed by atoms with Crippen molar-refractivity contribution in [1.29, 1.82) is 0 Å². The standard InChI is InChI=1S/C24H24N4O5S/c1-24(2,3)23-27-21(28-33-23)16-6-10-18(11-7-16)26-22(29)17-8-12-20(13-9-17)34(30,31)25-15-19-5-4-14-32-19/h4-14,25H,15H2,1-3H3,(H,26,29). The van der Waals surface area contributed by atoms with Crippen LogP contribution in [-0.2, 0) is 22.0 Å². The molecule has 0 saturated heterocycles. The maximum Gasteiger partial charge on any atom is 0.255 e. The Morgan fingerprint density at radius 3 is 2.29 bits per heavy atom. The number of anilines is 1. The summed E-state index contributed by atoms with van der Waals surface area (Å²) >= 11 is 0. The normalized spacial score (nSPS) is 12.0. The highest BCUT2D eigenvalue weighted by atomic mass is 32.2. The van der Waals surface area contributed by atoms with Gasteiger partial charge in [-0.1, -0.05) is 25.9 Å². The number of hydrogen-bond acceptors (Lipinski definition) is 7. The fourth-order valence-electron chi connectivity index (χ4n) is 3.00.